The Bertz CT molecular complexity index is 1420. The van der Waals surface area contributed by atoms with Gasteiger partial charge in [-0.2, -0.15) is 8.78 Å². The molecule has 0 bridgehead atoms. The number of aromatic carboxylic acids is 1. The molecule has 1 aromatic heterocycles. The Morgan fingerprint density at radius 3 is 2.38 bits per heavy atom. The number of pyridine rings is 1. The minimum absolute atomic E-state index is 0.00452. The van der Waals surface area contributed by atoms with E-state index in [0.29, 0.717) is 18.8 Å². The minimum atomic E-state index is -3.37. The Morgan fingerprint density at radius 1 is 1.14 bits per heavy atom. The fourth-order valence-corrected chi connectivity index (χ4v) is 4.85. The third-order valence-corrected chi connectivity index (χ3v) is 6.70. The van der Waals surface area contributed by atoms with Crippen molar-refractivity contribution in [2.75, 3.05) is 43.1 Å². The molecule has 0 spiro atoms. The largest absolute Gasteiger partial charge is 0.495 e. The summed E-state index contributed by atoms with van der Waals surface area (Å²) in [4.78, 5) is 28.0. The van der Waals surface area contributed by atoms with E-state index in [1.165, 1.54) is 4.90 Å². The Balaban J connectivity index is 1.62. The number of piperazine rings is 1. The van der Waals surface area contributed by atoms with E-state index in [1.54, 1.807) is 13.2 Å². The lowest BCUT2D eigenvalue weighted by Gasteiger charge is -2.38. The van der Waals surface area contributed by atoms with Crippen LogP contribution in [0.2, 0.25) is 0 Å². The van der Waals surface area contributed by atoms with E-state index in [0.717, 1.165) is 22.5 Å². The number of carboxylic acid groups (broad SMARTS) is 1. The molecular formula is C25H23F4N3O5. The van der Waals surface area contributed by atoms with Gasteiger partial charge >= 0.3 is 12.6 Å². The van der Waals surface area contributed by atoms with Crippen molar-refractivity contribution in [1.82, 2.24) is 4.57 Å². The number of ether oxygens (including phenoxy) is 2. The van der Waals surface area contributed by atoms with Gasteiger partial charge in [-0.05, 0) is 18.2 Å². The quantitative estimate of drug-likeness (QED) is 0.470. The van der Waals surface area contributed by atoms with Crippen LogP contribution >= 0.6 is 0 Å². The van der Waals surface area contributed by atoms with E-state index in [9.17, 15) is 27.9 Å². The standard InChI is InChI=1S/C25H23F4N3O5/c1-36-19-5-3-2-4-17(19)30-6-8-31(9-7-30)21-16(27)10-13-20(23(21)37-25(28)29)32(18-11-15(18)26)12-14(22(13)33)24(34)35/h2-5,10,12,15,18,25H,6-9,11H2,1H3,(H,34,35)/t15-,18-/m1/s1. The number of anilines is 2. The predicted molar refractivity (Wildman–Crippen MR) is 128 cm³/mol. The molecule has 2 fully saturated rings. The average molecular weight is 521 g/mol. The number of rotatable bonds is 7. The number of carbonyl (C=O) groups is 1. The van der Waals surface area contributed by atoms with Crippen LogP contribution in [-0.4, -0.2) is 61.7 Å². The van der Waals surface area contributed by atoms with Crippen LogP contribution in [-0.2, 0) is 0 Å². The highest BCUT2D eigenvalue weighted by molar-refractivity contribution is 5.97. The van der Waals surface area contributed by atoms with Gasteiger partial charge in [-0.15, -0.1) is 0 Å². The molecule has 8 nitrogen and oxygen atoms in total. The third kappa shape index (κ3) is 4.40. The van der Waals surface area contributed by atoms with E-state index in [1.807, 2.05) is 23.1 Å². The second-order valence-corrected chi connectivity index (χ2v) is 8.86. The van der Waals surface area contributed by atoms with Crippen molar-refractivity contribution in [2.45, 2.75) is 25.2 Å². The van der Waals surface area contributed by atoms with E-state index in [-0.39, 0.29) is 30.7 Å². The van der Waals surface area contributed by atoms with Crippen LogP contribution in [0.15, 0.2) is 41.3 Å². The summed E-state index contributed by atoms with van der Waals surface area (Å²) in [6.07, 6.45) is -0.462. The topological polar surface area (TPSA) is 84.2 Å². The molecule has 5 rings (SSSR count). The molecule has 1 N–H and O–H groups in total. The molecule has 3 aromatic rings. The second-order valence-electron chi connectivity index (χ2n) is 8.86. The number of hydrogen-bond donors (Lipinski definition) is 1. The van der Waals surface area contributed by atoms with Gasteiger partial charge in [0.05, 0.1) is 29.7 Å². The monoisotopic (exact) mass is 521 g/mol. The number of para-hydroxylation sites is 2. The highest BCUT2D eigenvalue weighted by Crippen LogP contribution is 2.46. The van der Waals surface area contributed by atoms with Gasteiger partial charge in [0.1, 0.15) is 23.2 Å². The summed E-state index contributed by atoms with van der Waals surface area (Å²) in [6, 6.07) is 7.28. The summed E-state index contributed by atoms with van der Waals surface area (Å²) in [6.45, 7) is -2.15. The van der Waals surface area contributed by atoms with Crippen molar-refractivity contribution in [3.05, 3.63) is 58.1 Å². The molecule has 0 unspecified atom stereocenters. The van der Waals surface area contributed by atoms with Gasteiger partial charge in [-0.3, -0.25) is 4.79 Å². The van der Waals surface area contributed by atoms with Crippen LogP contribution < -0.4 is 24.7 Å². The predicted octanol–water partition coefficient (Wildman–Crippen LogP) is 4.06. The molecule has 196 valence electrons. The molecule has 0 radical (unpaired) electrons. The molecule has 2 atom stereocenters. The summed E-state index contributed by atoms with van der Waals surface area (Å²) in [7, 11) is 1.55. The van der Waals surface area contributed by atoms with E-state index >= 15 is 4.39 Å². The van der Waals surface area contributed by atoms with Crippen LogP contribution in [0.3, 0.4) is 0 Å². The molecule has 2 aromatic carbocycles. The third-order valence-electron chi connectivity index (χ3n) is 6.70. The van der Waals surface area contributed by atoms with Crippen LogP contribution in [0.1, 0.15) is 22.8 Å². The maximum absolute atomic E-state index is 15.5. The number of benzene rings is 2. The van der Waals surface area contributed by atoms with E-state index < -0.39 is 52.7 Å². The van der Waals surface area contributed by atoms with Crippen LogP contribution in [0, 0.1) is 5.82 Å². The summed E-state index contributed by atoms with van der Waals surface area (Å²) < 4.78 is 68.1. The molecule has 37 heavy (non-hydrogen) atoms. The number of carboxylic acids is 1. The Labute approximate surface area is 208 Å². The molecule has 1 saturated heterocycles. The zero-order valence-corrected chi connectivity index (χ0v) is 19.7. The van der Waals surface area contributed by atoms with Crippen molar-refractivity contribution in [2.24, 2.45) is 0 Å². The number of hydrogen-bond acceptors (Lipinski definition) is 6. The number of aromatic nitrogens is 1. The smallest absolute Gasteiger partial charge is 0.387 e. The Kier molecular flexibility index (Phi) is 6.34. The first-order valence-corrected chi connectivity index (χ1v) is 11.6. The van der Waals surface area contributed by atoms with Gasteiger partial charge in [0.25, 0.3) is 0 Å². The van der Waals surface area contributed by atoms with Crippen LogP contribution in [0.25, 0.3) is 10.9 Å². The lowest BCUT2D eigenvalue weighted by Crippen LogP contribution is -2.47. The van der Waals surface area contributed by atoms with Crippen molar-refractivity contribution in [3.63, 3.8) is 0 Å². The minimum Gasteiger partial charge on any atom is -0.495 e. The zero-order chi connectivity index (χ0) is 26.4. The van der Waals surface area contributed by atoms with Gasteiger partial charge in [0.15, 0.2) is 11.6 Å². The first kappa shape index (κ1) is 24.7. The SMILES string of the molecule is COc1ccccc1N1CCN(c2c(F)cc3c(=O)c(C(=O)O)cn([C@@H]4C[C@H]4F)c3c2OC(F)F)CC1. The van der Waals surface area contributed by atoms with Gasteiger partial charge in [-0.25, -0.2) is 13.6 Å². The van der Waals surface area contributed by atoms with Crippen molar-refractivity contribution >= 4 is 28.2 Å². The van der Waals surface area contributed by atoms with Crippen molar-refractivity contribution < 1.29 is 36.9 Å². The normalized spacial score (nSPS) is 19.4. The van der Waals surface area contributed by atoms with Crippen LogP contribution in [0.4, 0.5) is 28.9 Å². The van der Waals surface area contributed by atoms with Crippen molar-refractivity contribution in [3.8, 4) is 11.5 Å². The number of halogens is 4. The van der Waals surface area contributed by atoms with Gasteiger partial charge in [0.2, 0.25) is 5.43 Å². The lowest BCUT2D eigenvalue weighted by molar-refractivity contribution is -0.0488. The zero-order valence-electron chi connectivity index (χ0n) is 19.7. The number of fused-ring (bicyclic) bond motifs is 1. The Morgan fingerprint density at radius 2 is 1.78 bits per heavy atom. The summed E-state index contributed by atoms with van der Waals surface area (Å²) in [5.74, 6) is -2.58. The second kappa shape index (κ2) is 9.49. The molecule has 0 amide bonds. The maximum atomic E-state index is 15.5. The number of nitrogens with zero attached hydrogens (tertiary/aromatic N) is 3. The molecule has 1 saturated carbocycles. The fourth-order valence-electron chi connectivity index (χ4n) is 4.85. The number of methoxy groups -OCH3 is 1. The lowest BCUT2D eigenvalue weighted by atomic mass is 10.1. The number of alkyl halides is 3. The molecular weight excluding hydrogens is 498 g/mol. The maximum Gasteiger partial charge on any atom is 0.387 e. The highest BCUT2D eigenvalue weighted by atomic mass is 19.3. The van der Waals surface area contributed by atoms with E-state index in [4.69, 9.17) is 9.47 Å². The molecule has 2 aliphatic rings. The van der Waals surface area contributed by atoms with Crippen molar-refractivity contribution in [1.29, 1.82) is 0 Å². The Hall–Kier alpha value is -3.96. The first-order valence-electron chi connectivity index (χ1n) is 11.6. The first-order chi connectivity index (χ1) is 17.7. The van der Waals surface area contributed by atoms with E-state index in [2.05, 4.69) is 0 Å². The molecule has 1 aliphatic carbocycles. The molecule has 1 aliphatic heterocycles. The highest BCUT2D eigenvalue weighted by Gasteiger charge is 2.41. The molecule has 12 heteroatoms. The van der Waals surface area contributed by atoms with Gasteiger partial charge in [0, 0.05) is 38.8 Å². The van der Waals surface area contributed by atoms with Crippen LogP contribution in [0.5, 0.6) is 11.5 Å². The summed E-state index contributed by atoms with van der Waals surface area (Å²) >= 11 is 0. The summed E-state index contributed by atoms with van der Waals surface area (Å²) in [5.41, 5.74) is -1.51. The summed E-state index contributed by atoms with van der Waals surface area (Å²) in [5, 5.41) is 8.97. The van der Waals surface area contributed by atoms with Gasteiger partial charge in [-0.1, -0.05) is 12.1 Å². The average Bonchev–Trinajstić information content (AvgIpc) is 3.60. The van der Waals surface area contributed by atoms with Gasteiger partial charge < -0.3 is 28.9 Å². The molecule has 2 heterocycles. The fraction of sp³-hybridized carbons (Fsp3) is 0.360.